The summed E-state index contributed by atoms with van der Waals surface area (Å²) in [7, 11) is 1.80. The van der Waals surface area contributed by atoms with Crippen LogP contribution in [0.4, 0.5) is 4.79 Å². The first-order valence-corrected chi connectivity index (χ1v) is 10.9. The van der Waals surface area contributed by atoms with Gasteiger partial charge in [-0.25, -0.2) is 4.79 Å². The van der Waals surface area contributed by atoms with Gasteiger partial charge in [-0.3, -0.25) is 9.89 Å². The molecular weight excluding hydrogens is 497 g/mol. The average molecular weight is 533 g/mol. The first-order valence-electron chi connectivity index (χ1n) is 10.9. The predicted octanol–water partition coefficient (Wildman–Crippen LogP) is 3.21. The largest absolute Gasteiger partial charge is 0.468 e. The van der Waals surface area contributed by atoms with Crippen molar-refractivity contribution in [2.45, 2.75) is 51.1 Å². The molecule has 3 heterocycles. The van der Waals surface area contributed by atoms with Gasteiger partial charge in [0.1, 0.15) is 5.76 Å². The van der Waals surface area contributed by atoms with Crippen LogP contribution in [0.15, 0.2) is 27.8 Å². The molecule has 2 aliphatic rings. The molecule has 9 heteroatoms. The number of hydrogen-bond acceptors (Lipinski definition) is 5. The number of carbonyl (C=O) groups excluding carboxylic acids is 1. The third-order valence-corrected chi connectivity index (χ3v) is 5.75. The molecule has 2 fully saturated rings. The van der Waals surface area contributed by atoms with Crippen molar-refractivity contribution in [2.24, 2.45) is 4.99 Å². The number of hydrogen-bond donors (Lipinski definition) is 2. The Bertz CT molecular complexity index is 641. The van der Waals surface area contributed by atoms with Crippen LogP contribution in [-0.4, -0.2) is 74.3 Å². The van der Waals surface area contributed by atoms with Crippen molar-refractivity contribution in [1.82, 2.24) is 20.4 Å². The van der Waals surface area contributed by atoms with Crippen LogP contribution in [-0.2, 0) is 4.74 Å². The summed E-state index contributed by atoms with van der Waals surface area (Å²) >= 11 is 0. The Labute approximate surface area is 196 Å². The lowest BCUT2D eigenvalue weighted by Gasteiger charge is -2.35. The van der Waals surface area contributed by atoms with Gasteiger partial charge >= 0.3 is 6.09 Å². The van der Waals surface area contributed by atoms with E-state index in [2.05, 4.69) is 26.6 Å². The van der Waals surface area contributed by atoms with Gasteiger partial charge in [-0.1, -0.05) is 6.42 Å². The Morgan fingerprint density at radius 1 is 1.27 bits per heavy atom. The van der Waals surface area contributed by atoms with E-state index in [0.29, 0.717) is 25.7 Å². The molecule has 170 valence electrons. The number of likely N-dealkylation sites (tertiary alicyclic amines) is 2. The molecular formula is C21H36IN5O3. The van der Waals surface area contributed by atoms with Gasteiger partial charge in [0.25, 0.3) is 0 Å². The highest BCUT2D eigenvalue weighted by Crippen LogP contribution is 2.24. The Hall–Kier alpha value is -1.49. The van der Waals surface area contributed by atoms with Crippen LogP contribution in [0.2, 0.25) is 0 Å². The first-order chi connectivity index (χ1) is 14.2. The summed E-state index contributed by atoms with van der Waals surface area (Å²) < 4.78 is 10.8. The Morgan fingerprint density at radius 3 is 2.60 bits per heavy atom. The maximum Gasteiger partial charge on any atom is 0.409 e. The molecule has 0 saturated carbocycles. The molecule has 8 nitrogen and oxygen atoms in total. The van der Waals surface area contributed by atoms with Crippen molar-refractivity contribution in [2.75, 3.05) is 46.4 Å². The van der Waals surface area contributed by atoms with Gasteiger partial charge in [-0.2, -0.15) is 0 Å². The number of guanidine groups is 1. The van der Waals surface area contributed by atoms with Crippen molar-refractivity contribution < 1.29 is 13.9 Å². The molecule has 1 aromatic rings. The molecule has 1 atom stereocenters. The second kappa shape index (κ2) is 13.0. The van der Waals surface area contributed by atoms with Gasteiger partial charge < -0.3 is 24.7 Å². The Balaban J connectivity index is 0.00000320. The summed E-state index contributed by atoms with van der Waals surface area (Å²) in [5.74, 6) is 1.80. The Morgan fingerprint density at radius 2 is 2.00 bits per heavy atom. The van der Waals surface area contributed by atoms with Crippen LogP contribution < -0.4 is 10.6 Å². The van der Waals surface area contributed by atoms with E-state index < -0.39 is 0 Å². The fourth-order valence-corrected chi connectivity index (χ4v) is 4.12. The minimum atomic E-state index is -0.212. The summed E-state index contributed by atoms with van der Waals surface area (Å²) in [6.45, 7) is 6.61. The monoisotopic (exact) mass is 533 g/mol. The quantitative estimate of drug-likeness (QED) is 0.332. The van der Waals surface area contributed by atoms with Gasteiger partial charge in [-0.05, 0) is 57.8 Å². The standard InChI is InChI=1S/C21H35N5O3.HI/c1-3-28-21(27)26-13-9-17(10-14-26)24-20(22-2)23-16-18(19-8-7-15-29-19)25-11-5-4-6-12-25;/h7-8,15,17-18H,3-6,9-14,16H2,1-2H3,(H2,22,23,24);1H. The number of piperidine rings is 2. The topological polar surface area (TPSA) is 82.3 Å². The number of carbonyl (C=O) groups is 1. The van der Waals surface area contributed by atoms with E-state index in [1.54, 1.807) is 18.2 Å². The van der Waals surface area contributed by atoms with Gasteiger partial charge in [0.05, 0.1) is 18.9 Å². The van der Waals surface area contributed by atoms with Crippen molar-refractivity contribution in [3.8, 4) is 0 Å². The number of nitrogens with one attached hydrogen (secondary N) is 2. The van der Waals surface area contributed by atoms with E-state index >= 15 is 0 Å². The fourth-order valence-electron chi connectivity index (χ4n) is 4.12. The third kappa shape index (κ3) is 7.04. The number of amides is 1. The second-order valence-electron chi connectivity index (χ2n) is 7.69. The van der Waals surface area contributed by atoms with E-state index in [9.17, 15) is 4.79 Å². The number of furan rings is 1. The van der Waals surface area contributed by atoms with Crippen molar-refractivity contribution in [3.05, 3.63) is 24.2 Å². The molecule has 0 aromatic carbocycles. The number of nitrogens with zero attached hydrogens (tertiary/aromatic N) is 3. The minimum Gasteiger partial charge on any atom is -0.468 e. The number of halogens is 1. The average Bonchev–Trinajstić information content (AvgIpc) is 3.29. The van der Waals surface area contributed by atoms with Crippen molar-refractivity contribution in [1.29, 1.82) is 0 Å². The predicted molar refractivity (Wildman–Crippen MR) is 128 cm³/mol. The van der Waals surface area contributed by atoms with Crippen LogP contribution in [0, 0.1) is 0 Å². The van der Waals surface area contributed by atoms with Gasteiger partial charge in [0.2, 0.25) is 0 Å². The Kier molecular flexibility index (Phi) is 10.8. The molecule has 0 aliphatic carbocycles. The zero-order chi connectivity index (χ0) is 20.5. The van der Waals surface area contributed by atoms with Gasteiger partial charge in [-0.15, -0.1) is 24.0 Å². The maximum atomic E-state index is 11.9. The molecule has 3 rings (SSSR count). The summed E-state index contributed by atoms with van der Waals surface area (Å²) in [6.07, 6.45) is 7.09. The highest BCUT2D eigenvalue weighted by atomic mass is 127. The lowest BCUT2D eigenvalue weighted by molar-refractivity contribution is 0.0962. The molecule has 0 spiro atoms. The second-order valence-corrected chi connectivity index (χ2v) is 7.69. The number of ether oxygens (including phenoxy) is 1. The summed E-state index contributed by atoms with van der Waals surface area (Å²) in [5, 5.41) is 7.00. The number of rotatable bonds is 6. The lowest BCUT2D eigenvalue weighted by Crippen LogP contribution is -2.51. The highest BCUT2D eigenvalue weighted by Gasteiger charge is 2.26. The van der Waals surface area contributed by atoms with Crippen LogP contribution in [0.25, 0.3) is 0 Å². The molecule has 2 N–H and O–H groups in total. The SMILES string of the molecule is CCOC(=O)N1CCC(NC(=NC)NCC(c2ccco2)N2CCCCC2)CC1.I. The molecule has 1 unspecified atom stereocenters. The van der Waals surface area contributed by atoms with E-state index in [0.717, 1.165) is 44.2 Å². The minimum absolute atomic E-state index is 0. The van der Waals surface area contributed by atoms with Gasteiger partial charge in [0.15, 0.2) is 5.96 Å². The normalized spacial score (nSPS) is 19.7. The zero-order valence-electron chi connectivity index (χ0n) is 18.1. The summed E-state index contributed by atoms with van der Waals surface area (Å²) in [4.78, 5) is 20.5. The molecule has 0 radical (unpaired) electrons. The van der Waals surface area contributed by atoms with Gasteiger partial charge in [0, 0.05) is 32.7 Å². The number of aliphatic imine (C=N–C) groups is 1. The first kappa shape index (κ1) is 24.8. The van der Waals surface area contributed by atoms with Crippen LogP contribution in [0.3, 0.4) is 0 Å². The smallest absolute Gasteiger partial charge is 0.409 e. The lowest BCUT2D eigenvalue weighted by atomic mass is 10.1. The summed E-state index contributed by atoms with van der Waals surface area (Å²) in [5.41, 5.74) is 0. The van der Waals surface area contributed by atoms with Crippen molar-refractivity contribution in [3.63, 3.8) is 0 Å². The van der Waals surface area contributed by atoms with E-state index in [4.69, 9.17) is 9.15 Å². The zero-order valence-corrected chi connectivity index (χ0v) is 20.5. The van der Waals surface area contributed by atoms with Crippen LogP contribution >= 0.6 is 24.0 Å². The van der Waals surface area contributed by atoms with Crippen LogP contribution in [0.5, 0.6) is 0 Å². The fraction of sp³-hybridized carbons (Fsp3) is 0.714. The van der Waals surface area contributed by atoms with E-state index in [-0.39, 0.29) is 36.1 Å². The molecule has 1 amide bonds. The summed E-state index contributed by atoms with van der Waals surface area (Å²) in [6, 6.07) is 4.51. The maximum absolute atomic E-state index is 11.9. The molecule has 1 aromatic heterocycles. The highest BCUT2D eigenvalue weighted by molar-refractivity contribution is 14.0. The molecule has 0 bridgehead atoms. The molecule has 2 aliphatic heterocycles. The van der Waals surface area contributed by atoms with Crippen LogP contribution in [0.1, 0.15) is 50.8 Å². The third-order valence-electron chi connectivity index (χ3n) is 5.75. The molecule has 2 saturated heterocycles. The van der Waals surface area contributed by atoms with E-state index in [1.807, 2.05) is 13.0 Å². The molecule has 30 heavy (non-hydrogen) atoms. The van der Waals surface area contributed by atoms with E-state index in [1.165, 1.54) is 19.3 Å². The van der Waals surface area contributed by atoms with Crippen molar-refractivity contribution >= 4 is 36.0 Å².